The lowest BCUT2D eigenvalue weighted by Gasteiger charge is -2.20. The smallest absolute Gasteiger partial charge is 0.0934 e. The second-order valence-electron chi connectivity index (χ2n) is 2.48. The summed E-state index contributed by atoms with van der Waals surface area (Å²) in [6.07, 6.45) is 8.21. The van der Waals surface area contributed by atoms with E-state index >= 15 is 0 Å². The third kappa shape index (κ3) is 4.08. The van der Waals surface area contributed by atoms with Crippen molar-refractivity contribution in [2.75, 3.05) is 5.88 Å². The average Bonchev–Trinajstić information content (AvgIpc) is 2.02. The maximum atomic E-state index is 9.63. The SMILES string of the molecule is C#CCC(O)(C=C)CCCCl. The molecule has 0 bridgehead atoms. The van der Waals surface area contributed by atoms with Gasteiger partial charge in [-0.15, -0.1) is 30.5 Å². The zero-order valence-electron chi connectivity index (χ0n) is 6.52. The summed E-state index contributed by atoms with van der Waals surface area (Å²) in [5.41, 5.74) is -0.913. The van der Waals surface area contributed by atoms with E-state index in [1.165, 1.54) is 6.08 Å². The van der Waals surface area contributed by atoms with Crippen LogP contribution in [0.1, 0.15) is 19.3 Å². The van der Waals surface area contributed by atoms with E-state index in [9.17, 15) is 5.11 Å². The number of halogens is 1. The Morgan fingerprint density at radius 1 is 1.73 bits per heavy atom. The van der Waals surface area contributed by atoms with Crippen LogP contribution in [0.4, 0.5) is 0 Å². The molecule has 0 aliphatic rings. The van der Waals surface area contributed by atoms with Crippen LogP contribution in [0.5, 0.6) is 0 Å². The van der Waals surface area contributed by atoms with Crippen LogP contribution in [0.2, 0.25) is 0 Å². The van der Waals surface area contributed by atoms with Gasteiger partial charge in [0.2, 0.25) is 0 Å². The Morgan fingerprint density at radius 2 is 2.36 bits per heavy atom. The Morgan fingerprint density at radius 3 is 2.73 bits per heavy atom. The third-order valence-electron chi connectivity index (χ3n) is 1.53. The number of terminal acetylenes is 1. The van der Waals surface area contributed by atoms with Gasteiger partial charge in [0.15, 0.2) is 0 Å². The lowest BCUT2D eigenvalue weighted by atomic mass is 9.95. The van der Waals surface area contributed by atoms with Crippen LogP contribution < -0.4 is 0 Å². The Kier molecular flexibility index (Phi) is 5.02. The predicted molar refractivity (Wildman–Crippen MR) is 48.6 cm³/mol. The van der Waals surface area contributed by atoms with Crippen molar-refractivity contribution in [3.63, 3.8) is 0 Å². The molecule has 0 aliphatic heterocycles. The highest BCUT2D eigenvalue weighted by atomic mass is 35.5. The first-order chi connectivity index (χ1) is 5.18. The molecule has 0 spiro atoms. The van der Waals surface area contributed by atoms with Crippen LogP contribution in [-0.4, -0.2) is 16.6 Å². The monoisotopic (exact) mass is 172 g/mol. The van der Waals surface area contributed by atoms with Crippen molar-refractivity contribution in [3.8, 4) is 12.3 Å². The van der Waals surface area contributed by atoms with Crippen molar-refractivity contribution in [2.45, 2.75) is 24.9 Å². The Balaban J connectivity index is 3.90. The predicted octanol–water partition coefficient (Wildman–Crippen LogP) is 1.95. The van der Waals surface area contributed by atoms with Gasteiger partial charge in [0.1, 0.15) is 0 Å². The van der Waals surface area contributed by atoms with Crippen LogP contribution in [0.3, 0.4) is 0 Å². The summed E-state index contributed by atoms with van der Waals surface area (Å²) in [6, 6.07) is 0. The number of rotatable bonds is 5. The quantitative estimate of drug-likeness (QED) is 0.382. The molecule has 0 radical (unpaired) electrons. The number of hydrogen-bond acceptors (Lipinski definition) is 1. The zero-order valence-corrected chi connectivity index (χ0v) is 7.27. The van der Waals surface area contributed by atoms with Gasteiger partial charge < -0.3 is 5.11 Å². The van der Waals surface area contributed by atoms with Gasteiger partial charge in [0.25, 0.3) is 0 Å². The molecular formula is C9H13ClO. The summed E-state index contributed by atoms with van der Waals surface area (Å²) < 4.78 is 0. The fourth-order valence-electron chi connectivity index (χ4n) is 0.812. The van der Waals surface area contributed by atoms with E-state index in [0.29, 0.717) is 18.7 Å². The molecule has 0 aromatic carbocycles. The summed E-state index contributed by atoms with van der Waals surface area (Å²) in [7, 11) is 0. The first-order valence-electron chi connectivity index (χ1n) is 3.54. The molecule has 0 saturated heterocycles. The van der Waals surface area contributed by atoms with Gasteiger partial charge in [-0.1, -0.05) is 6.08 Å². The molecule has 11 heavy (non-hydrogen) atoms. The van der Waals surface area contributed by atoms with Gasteiger partial charge in [-0.3, -0.25) is 0 Å². The molecule has 62 valence electrons. The lowest BCUT2D eigenvalue weighted by Crippen LogP contribution is -2.24. The molecule has 0 aromatic heterocycles. The zero-order chi connectivity index (χ0) is 8.74. The molecule has 0 aliphatic carbocycles. The van der Waals surface area contributed by atoms with Gasteiger partial charge in [0.05, 0.1) is 5.60 Å². The van der Waals surface area contributed by atoms with E-state index in [-0.39, 0.29) is 0 Å². The van der Waals surface area contributed by atoms with Crippen LogP contribution in [0, 0.1) is 12.3 Å². The fourth-order valence-corrected chi connectivity index (χ4v) is 0.946. The minimum atomic E-state index is -0.913. The molecule has 0 saturated carbocycles. The van der Waals surface area contributed by atoms with E-state index in [2.05, 4.69) is 12.5 Å². The van der Waals surface area contributed by atoms with E-state index in [0.717, 1.165) is 6.42 Å². The normalized spacial score (nSPS) is 15.0. The van der Waals surface area contributed by atoms with Crippen molar-refractivity contribution < 1.29 is 5.11 Å². The second kappa shape index (κ2) is 5.23. The highest BCUT2D eigenvalue weighted by molar-refractivity contribution is 6.17. The van der Waals surface area contributed by atoms with Crippen molar-refractivity contribution in [2.24, 2.45) is 0 Å². The van der Waals surface area contributed by atoms with Crippen LogP contribution in [0.25, 0.3) is 0 Å². The third-order valence-corrected chi connectivity index (χ3v) is 1.80. The van der Waals surface area contributed by atoms with E-state index < -0.39 is 5.60 Å². The molecular weight excluding hydrogens is 160 g/mol. The molecule has 2 heteroatoms. The number of aliphatic hydroxyl groups is 1. The largest absolute Gasteiger partial charge is 0.385 e. The molecule has 0 rings (SSSR count). The van der Waals surface area contributed by atoms with Gasteiger partial charge in [0, 0.05) is 12.3 Å². The van der Waals surface area contributed by atoms with Gasteiger partial charge >= 0.3 is 0 Å². The van der Waals surface area contributed by atoms with E-state index in [1.54, 1.807) is 0 Å². The molecule has 1 N–H and O–H groups in total. The van der Waals surface area contributed by atoms with Crippen LogP contribution in [-0.2, 0) is 0 Å². The molecule has 0 fully saturated rings. The van der Waals surface area contributed by atoms with Gasteiger partial charge in [-0.2, -0.15) is 0 Å². The minimum Gasteiger partial charge on any atom is -0.385 e. The Labute approximate surface area is 73.1 Å². The Hall–Kier alpha value is -0.450. The van der Waals surface area contributed by atoms with Gasteiger partial charge in [-0.25, -0.2) is 0 Å². The van der Waals surface area contributed by atoms with Crippen molar-refractivity contribution in [1.82, 2.24) is 0 Å². The van der Waals surface area contributed by atoms with E-state index in [1.807, 2.05) is 0 Å². The Bertz CT molecular complexity index is 159. The average molecular weight is 173 g/mol. The summed E-state index contributed by atoms with van der Waals surface area (Å²) >= 11 is 5.47. The van der Waals surface area contributed by atoms with Crippen molar-refractivity contribution in [3.05, 3.63) is 12.7 Å². The molecule has 1 atom stereocenters. The first kappa shape index (κ1) is 10.6. The second-order valence-corrected chi connectivity index (χ2v) is 2.86. The highest BCUT2D eigenvalue weighted by Gasteiger charge is 2.20. The topological polar surface area (TPSA) is 20.2 Å². The first-order valence-corrected chi connectivity index (χ1v) is 4.07. The standard InChI is InChI=1S/C9H13ClO/c1-3-6-9(11,4-2)7-5-8-10/h1,4,11H,2,5-8H2. The van der Waals surface area contributed by atoms with Gasteiger partial charge in [-0.05, 0) is 12.8 Å². The maximum absolute atomic E-state index is 9.63. The molecule has 0 amide bonds. The maximum Gasteiger partial charge on any atom is 0.0934 e. The minimum absolute atomic E-state index is 0.313. The van der Waals surface area contributed by atoms with Crippen molar-refractivity contribution in [1.29, 1.82) is 0 Å². The summed E-state index contributed by atoms with van der Waals surface area (Å²) in [6.45, 7) is 3.52. The van der Waals surface area contributed by atoms with Crippen LogP contribution in [0.15, 0.2) is 12.7 Å². The lowest BCUT2D eigenvalue weighted by molar-refractivity contribution is 0.0867. The van der Waals surface area contributed by atoms with E-state index in [4.69, 9.17) is 18.0 Å². The van der Waals surface area contributed by atoms with Crippen molar-refractivity contribution >= 4 is 11.6 Å². The summed E-state index contributed by atoms with van der Waals surface area (Å²) in [5.74, 6) is 2.95. The molecule has 0 heterocycles. The van der Waals surface area contributed by atoms with Crippen LogP contribution >= 0.6 is 11.6 Å². The highest BCUT2D eigenvalue weighted by Crippen LogP contribution is 2.18. The molecule has 0 aromatic rings. The summed E-state index contributed by atoms with van der Waals surface area (Å²) in [4.78, 5) is 0. The molecule has 1 unspecified atom stereocenters. The molecule has 1 nitrogen and oxygen atoms in total. The number of alkyl halides is 1. The fraction of sp³-hybridized carbons (Fsp3) is 0.556. The number of hydrogen-bond donors (Lipinski definition) is 1. The summed E-state index contributed by atoms with van der Waals surface area (Å²) in [5, 5.41) is 9.63.